The van der Waals surface area contributed by atoms with Crippen molar-refractivity contribution in [3.8, 4) is 11.4 Å². The first kappa shape index (κ1) is 20.3. The molecular weight excluding hydrogens is 417 g/mol. The minimum absolute atomic E-state index is 0.243. The van der Waals surface area contributed by atoms with Crippen LogP contribution in [0.25, 0.3) is 11.4 Å². The zero-order valence-corrected chi connectivity index (χ0v) is 16.6. The summed E-state index contributed by atoms with van der Waals surface area (Å²) < 4.78 is 0. The van der Waals surface area contributed by atoms with Crippen molar-refractivity contribution in [1.82, 2.24) is 20.6 Å². The first-order valence-corrected chi connectivity index (χ1v) is 8.95. The van der Waals surface area contributed by atoms with Crippen LogP contribution in [-0.4, -0.2) is 39.6 Å². The molecule has 2 aromatic carbocycles. The van der Waals surface area contributed by atoms with Gasteiger partial charge in [-0.2, -0.15) is 5.21 Å². The highest BCUT2D eigenvalue weighted by atomic mass is 35.5. The lowest BCUT2D eigenvalue weighted by atomic mass is 10.1. The molecule has 0 aliphatic rings. The third-order valence-electron chi connectivity index (χ3n) is 3.85. The van der Waals surface area contributed by atoms with E-state index < -0.39 is 6.03 Å². The number of hydrogen-bond acceptors (Lipinski definition) is 5. The maximum Gasteiger partial charge on any atom is 0.323 e. The number of aromatic nitrogens is 4. The maximum absolute atomic E-state index is 12.4. The van der Waals surface area contributed by atoms with Crippen LogP contribution in [0.2, 0.25) is 10.0 Å². The average Bonchev–Trinajstić information content (AvgIpc) is 3.20. The highest BCUT2D eigenvalue weighted by Crippen LogP contribution is 2.30. The van der Waals surface area contributed by atoms with Crippen LogP contribution in [0.15, 0.2) is 49.1 Å². The number of nitrogens with zero attached hydrogens (tertiary/aromatic N) is 4. The van der Waals surface area contributed by atoms with E-state index in [4.69, 9.17) is 23.2 Å². The highest BCUT2D eigenvalue weighted by Gasteiger charge is 2.16. The fraction of sp³-hybridized carbons (Fsp3) is 0.0556. The van der Waals surface area contributed by atoms with Gasteiger partial charge in [0, 0.05) is 34.0 Å². The van der Waals surface area contributed by atoms with Crippen molar-refractivity contribution in [2.24, 2.45) is 0 Å². The number of amides is 3. The molecule has 0 unspecified atom stereocenters. The summed E-state index contributed by atoms with van der Waals surface area (Å²) in [6, 6.07) is 9.09. The summed E-state index contributed by atoms with van der Waals surface area (Å²) in [7, 11) is 1.60. The monoisotopic (exact) mass is 431 g/mol. The Morgan fingerprint density at radius 1 is 1.14 bits per heavy atom. The number of halogens is 2. The molecule has 29 heavy (non-hydrogen) atoms. The van der Waals surface area contributed by atoms with Crippen LogP contribution in [0, 0.1) is 0 Å². The number of H-pyrrole nitrogens is 1. The van der Waals surface area contributed by atoms with Crippen LogP contribution < -0.4 is 15.5 Å². The molecule has 3 aromatic rings. The van der Waals surface area contributed by atoms with Crippen LogP contribution in [0.5, 0.6) is 0 Å². The van der Waals surface area contributed by atoms with Gasteiger partial charge in [0.25, 0.3) is 0 Å². The van der Waals surface area contributed by atoms with Gasteiger partial charge in [-0.3, -0.25) is 4.79 Å². The number of carbonyl (C=O) groups excluding carboxylic acids is 2. The Morgan fingerprint density at radius 2 is 1.86 bits per heavy atom. The number of tetrazole rings is 1. The van der Waals surface area contributed by atoms with Gasteiger partial charge in [0.2, 0.25) is 11.7 Å². The standard InChI is InChI=1S/C18H15Cl2N7O2/c1-3-16(28)27(2)13-4-5-15(14(9-13)17-23-25-26-24-17)22-18(29)21-12-7-10(19)6-11(20)8-12/h3-9H,1H2,2H3,(H2,21,22,29)(H,23,24,25,26). The smallest absolute Gasteiger partial charge is 0.312 e. The topological polar surface area (TPSA) is 116 Å². The molecule has 3 N–H and O–H groups in total. The van der Waals surface area contributed by atoms with Gasteiger partial charge in [-0.25, -0.2) is 4.79 Å². The van der Waals surface area contributed by atoms with Crippen molar-refractivity contribution >= 4 is 52.2 Å². The molecule has 0 atom stereocenters. The predicted octanol–water partition coefficient (Wildman–Crippen LogP) is 3.97. The summed E-state index contributed by atoms with van der Waals surface area (Å²) in [5.41, 5.74) is 1.84. The predicted molar refractivity (Wildman–Crippen MR) is 112 cm³/mol. The van der Waals surface area contributed by atoms with E-state index in [1.165, 1.54) is 11.0 Å². The molecule has 0 saturated heterocycles. The van der Waals surface area contributed by atoms with Crippen LogP contribution in [0.1, 0.15) is 0 Å². The zero-order valence-electron chi connectivity index (χ0n) is 15.1. The van der Waals surface area contributed by atoms with E-state index in [9.17, 15) is 9.59 Å². The van der Waals surface area contributed by atoms with Crippen LogP contribution >= 0.6 is 23.2 Å². The third-order valence-corrected chi connectivity index (χ3v) is 4.29. The SMILES string of the molecule is C=CC(=O)N(C)c1ccc(NC(=O)Nc2cc(Cl)cc(Cl)c2)c(-c2nn[nH]n2)c1. The van der Waals surface area contributed by atoms with E-state index in [2.05, 4.69) is 37.8 Å². The minimum atomic E-state index is -0.531. The van der Waals surface area contributed by atoms with E-state index in [-0.39, 0.29) is 11.7 Å². The number of carbonyl (C=O) groups is 2. The molecule has 0 spiro atoms. The highest BCUT2D eigenvalue weighted by molar-refractivity contribution is 6.35. The number of aromatic amines is 1. The van der Waals surface area contributed by atoms with Crippen molar-refractivity contribution in [3.05, 3.63) is 59.1 Å². The molecular formula is C18H15Cl2N7O2. The Labute approximate surface area is 175 Å². The van der Waals surface area contributed by atoms with E-state index in [1.807, 2.05) is 0 Å². The summed E-state index contributed by atoms with van der Waals surface area (Å²) in [4.78, 5) is 25.7. The molecule has 1 heterocycles. The third kappa shape index (κ3) is 4.89. The van der Waals surface area contributed by atoms with E-state index >= 15 is 0 Å². The molecule has 0 saturated carbocycles. The van der Waals surface area contributed by atoms with Gasteiger partial charge in [0.05, 0.1) is 5.69 Å². The van der Waals surface area contributed by atoms with E-state index in [1.54, 1.807) is 43.4 Å². The quantitative estimate of drug-likeness (QED) is 0.528. The van der Waals surface area contributed by atoms with Crippen LogP contribution in [0.4, 0.5) is 21.9 Å². The summed E-state index contributed by atoms with van der Waals surface area (Å²) in [5.74, 6) is -0.0484. The van der Waals surface area contributed by atoms with Gasteiger partial charge in [-0.1, -0.05) is 29.8 Å². The Kier molecular flexibility index (Phi) is 6.10. The van der Waals surface area contributed by atoms with Gasteiger partial charge in [-0.15, -0.1) is 10.2 Å². The normalized spacial score (nSPS) is 10.3. The number of nitrogens with one attached hydrogen (secondary N) is 3. The van der Waals surface area contributed by atoms with Crippen molar-refractivity contribution in [2.45, 2.75) is 0 Å². The Hall–Kier alpha value is -3.43. The van der Waals surface area contributed by atoms with Crippen molar-refractivity contribution < 1.29 is 9.59 Å². The first-order chi connectivity index (χ1) is 13.9. The zero-order chi connectivity index (χ0) is 21.0. The maximum atomic E-state index is 12.4. The number of anilines is 3. The summed E-state index contributed by atoms with van der Waals surface area (Å²) >= 11 is 11.9. The fourth-order valence-electron chi connectivity index (χ4n) is 2.49. The Balaban J connectivity index is 1.88. The summed E-state index contributed by atoms with van der Waals surface area (Å²) in [6.07, 6.45) is 1.20. The van der Waals surface area contributed by atoms with E-state index in [0.717, 1.165) is 0 Å². The second-order valence-electron chi connectivity index (χ2n) is 5.80. The average molecular weight is 432 g/mol. The molecule has 148 valence electrons. The molecule has 0 fully saturated rings. The molecule has 0 aliphatic carbocycles. The summed E-state index contributed by atoms with van der Waals surface area (Å²) in [6.45, 7) is 3.47. The Morgan fingerprint density at radius 3 is 2.48 bits per heavy atom. The largest absolute Gasteiger partial charge is 0.323 e. The van der Waals surface area contributed by atoms with Crippen molar-refractivity contribution in [1.29, 1.82) is 0 Å². The molecule has 0 aliphatic heterocycles. The van der Waals surface area contributed by atoms with Gasteiger partial charge in [0.15, 0.2) is 0 Å². The second kappa shape index (κ2) is 8.72. The molecule has 0 radical (unpaired) electrons. The molecule has 3 rings (SSSR count). The van der Waals surface area contributed by atoms with Crippen molar-refractivity contribution in [2.75, 3.05) is 22.6 Å². The Bertz CT molecular complexity index is 1050. The number of rotatable bonds is 5. The lowest BCUT2D eigenvalue weighted by molar-refractivity contribution is -0.113. The van der Waals surface area contributed by atoms with Gasteiger partial charge >= 0.3 is 6.03 Å². The number of benzene rings is 2. The first-order valence-electron chi connectivity index (χ1n) is 8.19. The van der Waals surface area contributed by atoms with Crippen LogP contribution in [-0.2, 0) is 4.79 Å². The molecule has 9 nitrogen and oxygen atoms in total. The molecule has 3 amide bonds. The molecule has 11 heteroatoms. The lowest BCUT2D eigenvalue weighted by Crippen LogP contribution is -2.24. The van der Waals surface area contributed by atoms with Gasteiger partial charge in [0.1, 0.15) is 0 Å². The van der Waals surface area contributed by atoms with Gasteiger partial charge < -0.3 is 15.5 Å². The molecule has 1 aromatic heterocycles. The van der Waals surface area contributed by atoms with Gasteiger partial charge in [-0.05, 0) is 47.7 Å². The number of urea groups is 1. The van der Waals surface area contributed by atoms with Crippen molar-refractivity contribution in [3.63, 3.8) is 0 Å². The fourth-order valence-corrected chi connectivity index (χ4v) is 3.01. The lowest BCUT2D eigenvalue weighted by Gasteiger charge is -2.18. The number of hydrogen-bond donors (Lipinski definition) is 3. The minimum Gasteiger partial charge on any atom is -0.312 e. The molecule has 0 bridgehead atoms. The second-order valence-corrected chi connectivity index (χ2v) is 6.68. The number of likely N-dealkylation sites (N-methyl/N-ethyl adjacent to an activating group) is 1. The van der Waals surface area contributed by atoms with E-state index in [0.29, 0.717) is 32.7 Å². The summed E-state index contributed by atoms with van der Waals surface area (Å²) in [5, 5.41) is 19.9. The van der Waals surface area contributed by atoms with Crippen LogP contribution in [0.3, 0.4) is 0 Å².